The lowest BCUT2D eigenvalue weighted by Gasteiger charge is -2.06. The highest BCUT2D eigenvalue weighted by Gasteiger charge is 2.10. The molecule has 0 saturated carbocycles. The lowest BCUT2D eigenvalue weighted by Crippen LogP contribution is -1.86. The molecule has 3 aromatic rings. The molecule has 18 heavy (non-hydrogen) atoms. The highest BCUT2D eigenvalue weighted by molar-refractivity contribution is 7.00. The third kappa shape index (κ3) is 1.81. The summed E-state index contributed by atoms with van der Waals surface area (Å²) >= 11 is 1.28. The maximum atomic E-state index is 4.45. The van der Waals surface area contributed by atoms with Crippen LogP contribution in [0.1, 0.15) is 16.7 Å². The van der Waals surface area contributed by atoms with Gasteiger partial charge in [-0.1, -0.05) is 41.5 Å². The molecule has 1 heterocycles. The van der Waals surface area contributed by atoms with Crippen LogP contribution in [0.25, 0.3) is 22.2 Å². The Morgan fingerprint density at radius 2 is 1.50 bits per heavy atom. The molecular formula is C15H14N2S. The van der Waals surface area contributed by atoms with E-state index in [9.17, 15) is 0 Å². The zero-order valence-corrected chi connectivity index (χ0v) is 11.5. The first-order chi connectivity index (χ1) is 8.65. The van der Waals surface area contributed by atoms with Gasteiger partial charge in [-0.25, -0.2) is 0 Å². The van der Waals surface area contributed by atoms with Gasteiger partial charge in [0.1, 0.15) is 11.0 Å². The number of hydrogen-bond acceptors (Lipinski definition) is 3. The van der Waals surface area contributed by atoms with Gasteiger partial charge < -0.3 is 0 Å². The summed E-state index contributed by atoms with van der Waals surface area (Å²) < 4.78 is 8.83. The molecule has 0 amide bonds. The Bertz CT molecular complexity index is 708. The second-order valence-electron chi connectivity index (χ2n) is 4.77. The summed E-state index contributed by atoms with van der Waals surface area (Å²) in [6, 6.07) is 10.9. The highest BCUT2D eigenvalue weighted by Crippen LogP contribution is 2.30. The van der Waals surface area contributed by atoms with E-state index in [1.807, 2.05) is 0 Å². The van der Waals surface area contributed by atoms with E-state index in [0.29, 0.717) is 0 Å². The van der Waals surface area contributed by atoms with Crippen LogP contribution in [-0.2, 0) is 0 Å². The van der Waals surface area contributed by atoms with Crippen molar-refractivity contribution in [1.29, 1.82) is 0 Å². The molecule has 0 N–H and O–H groups in total. The summed E-state index contributed by atoms with van der Waals surface area (Å²) in [5, 5.41) is 0. The fraction of sp³-hybridized carbons (Fsp3) is 0.200. The van der Waals surface area contributed by atoms with Gasteiger partial charge >= 0.3 is 0 Å². The van der Waals surface area contributed by atoms with E-state index in [0.717, 1.165) is 11.0 Å². The van der Waals surface area contributed by atoms with Crippen molar-refractivity contribution in [3.63, 3.8) is 0 Å². The van der Waals surface area contributed by atoms with E-state index < -0.39 is 0 Å². The van der Waals surface area contributed by atoms with E-state index in [1.165, 1.54) is 39.5 Å². The highest BCUT2D eigenvalue weighted by atomic mass is 32.1. The van der Waals surface area contributed by atoms with Crippen molar-refractivity contribution >= 4 is 22.8 Å². The van der Waals surface area contributed by atoms with Crippen LogP contribution in [0.5, 0.6) is 0 Å². The molecule has 2 nitrogen and oxygen atoms in total. The van der Waals surface area contributed by atoms with Crippen LogP contribution in [0.3, 0.4) is 0 Å². The number of hydrogen-bond donors (Lipinski definition) is 0. The quantitative estimate of drug-likeness (QED) is 0.647. The summed E-state index contributed by atoms with van der Waals surface area (Å²) in [5.74, 6) is 0. The maximum Gasteiger partial charge on any atom is 0.112 e. The molecule has 0 saturated heterocycles. The summed E-state index contributed by atoms with van der Waals surface area (Å²) in [6.07, 6.45) is 0. The molecule has 0 unspecified atom stereocenters. The molecule has 3 heteroatoms. The monoisotopic (exact) mass is 254 g/mol. The Morgan fingerprint density at radius 3 is 2.22 bits per heavy atom. The molecule has 0 aliphatic rings. The summed E-state index contributed by atoms with van der Waals surface area (Å²) in [5.41, 5.74) is 8.19. The second-order valence-corrected chi connectivity index (χ2v) is 5.30. The Morgan fingerprint density at radius 1 is 0.833 bits per heavy atom. The average Bonchev–Trinajstić information content (AvgIpc) is 2.77. The molecule has 3 rings (SSSR count). The minimum Gasteiger partial charge on any atom is -0.173 e. The molecule has 0 atom stereocenters. The molecule has 0 aliphatic carbocycles. The number of rotatable bonds is 1. The lowest BCUT2D eigenvalue weighted by molar-refractivity contribution is 1.38. The van der Waals surface area contributed by atoms with Gasteiger partial charge in [-0.05, 0) is 31.9 Å². The second kappa shape index (κ2) is 4.18. The minimum absolute atomic E-state index is 1.02. The fourth-order valence-electron chi connectivity index (χ4n) is 2.35. The zero-order chi connectivity index (χ0) is 12.7. The van der Waals surface area contributed by atoms with Crippen LogP contribution in [0.15, 0.2) is 30.3 Å². The third-order valence-electron chi connectivity index (χ3n) is 3.15. The Hall–Kier alpha value is -1.74. The van der Waals surface area contributed by atoms with Crippen LogP contribution in [-0.4, -0.2) is 8.75 Å². The normalized spacial score (nSPS) is 11.1. The van der Waals surface area contributed by atoms with Gasteiger partial charge in [-0.15, -0.1) is 0 Å². The SMILES string of the molecule is Cc1cc(C)cc(-c2ccc(C)c3nsnc23)c1. The molecule has 1 aromatic heterocycles. The van der Waals surface area contributed by atoms with Gasteiger partial charge in [-0.3, -0.25) is 0 Å². The van der Waals surface area contributed by atoms with Crippen molar-refractivity contribution in [2.45, 2.75) is 20.8 Å². The Labute approximate surface area is 111 Å². The first-order valence-corrected chi connectivity index (χ1v) is 6.69. The van der Waals surface area contributed by atoms with E-state index >= 15 is 0 Å². The van der Waals surface area contributed by atoms with Crippen LogP contribution >= 0.6 is 11.7 Å². The predicted octanol–water partition coefficient (Wildman–Crippen LogP) is 4.28. The first-order valence-electron chi connectivity index (χ1n) is 5.96. The topological polar surface area (TPSA) is 25.8 Å². The largest absolute Gasteiger partial charge is 0.173 e. The van der Waals surface area contributed by atoms with E-state index in [-0.39, 0.29) is 0 Å². The first kappa shape index (κ1) is 11.4. The molecule has 0 fully saturated rings. The van der Waals surface area contributed by atoms with Gasteiger partial charge in [0.2, 0.25) is 0 Å². The Kier molecular flexibility index (Phi) is 2.63. The van der Waals surface area contributed by atoms with E-state index in [2.05, 4.69) is 59.9 Å². The summed E-state index contributed by atoms with van der Waals surface area (Å²) in [6.45, 7) is 6.33. The van der Waals surface area contributed by atoms with Crippen LogP contribution < -0.4 is 0 Å². The number of fused-ring (bicyclic) bond motifs is 1. The van der Waals surface area contributed by atoms with Crippen molar-refractivity contribution < 1.29 is 0 Å². The predicted molar refractivity (Wildman–Crippen MR) is 77.1 cm³/mol. The molecule has 0 aliphatic heterocycles. The zero-order valence-electron chi connectivity index (χ0n) is 10.7. The number of aromatic nitrogens is 2. The average molecular weight is 254 g/mol. The van der Waals surface area contributed by atoms with Crippen molar-refractivity contribution in [3.05, 3.63) is 47.0 Å². The molecule has 0 spiro atoms. The van der Waals surface area contributed by atoms with Crippen LogP contribution in [0.2, 0.25) is 0 Å². The lowest BCUT2D eigenvalue weighted by atomic mass is 9.98. The number of benzene rings is 2. The van der Waals surface area contributed by atoms with Gasteiger partial charge in [0.05, 0.1) is 11.7 Å². The summed E-state index contributed by atoms with van der Waals surface area (Å²) in [7, 11) is 0. The maximum absolute atomic E-state index is 4.45. The molecule has 0 bridgehead atoms. The van der Waals surface area contributed by atoms with Crippen molar-refractivity contribution in [1.82, 2.24) is 8.75 Å². The smallest absolute Gasteiger partial charge is 0.112 e. The fourth-order valence-corrected chi connectivity index (χ4v) is 2.97. The minimum atomic E-state index is 1.02. The van der Waals surface area contributed by atoms with Gasteiger partial charge in [0.15, 0.2) is 0 Å². The molecule has 2 aromatic carbocycles. The van der Waals surface area contributed by atoms with E-state index in [4.69, 9.17) is 0 Å². The number of aryl methyl sites for hydroxylation is 3. The van der Waals surface area contributed by atoms with Crippen molar-refractivity contribution in [2.24, 2.45) is 0 Å². The standard InChI is InChI=1S/C15H14N2S/c1-9-6-10(2)8-12(7-9)13-5-4-11(3)14-15(13)17-18-16-14/h4-8H,1-3H3. The molecule has 0 radical (unpaired) electrons. The van der Waals surface area contributed by atoms with Gasteiger partial charge in [0.25, 0.3) is 0 Å². The molecule has 90 valence electrons. The number of nitrogens with zero attached hydrogens (tertiary/aromatic N) is 2. The van der Waals surface area contributed by atoms with Crippen molar-refractivity contribution in [2.75, 3.05) is 0 Å². The summed E-state index contributed by atoms with van der Waals surface area (Å²) in [4.78, 5) is 0. The van der Waals surface area contributed by atoms with Gasteiger partial charge in [-0.2, -0.15) is 8.75 Å². The van der Waals surface area contributed by atoms with Crippen molar-refractivity contribution in [3.8, 4) is 11.1 Å². The molecular weight excluding hydrogens is 240 g/mol. The Balaban J connectivity index is 2.31. The van der Waals surface area contributed by atoms with E-state index in [1.54, 1.807) is 0 Å². The third-order valence-corrected chi connectivity index (χ3v) is 3.68. The van der Waals surface area contributed by atoms with Gasteiger partial charge in [0, 0.05) is 5.56 Å². The van der Waals surface area contributed by atoms with Crippen LogP contribution in [0, 0.1) is 20.8 Å². The van der Waals surface area contributed by atoms with Crippen LogP contribution in [0.4, 0.5) is 0 Å².